The van der Waals surface area contributed by atoms with Crippen molar-refractivity contribution in [2.45, 2.75) is 38.6 Å². The van der Waals surface area contributed by atoms with Gasteiger partial charge >= 0.3 is 0 Å². The number of hydrogen-bond acceptors (Lipinski definition) is 4. The normalized spacial score (nSPS) is 32.2. The Hall–Kier alpha value is -1.16. The van der Waals surface area contributed by atoms with Crippen molar-refractivity contribution in [1.29, 1.82) is 0 Å². The lowest BCUT2D eigenvalue weighted by molar-refractivity contribution is 0.168. The third-order valence-corrected chi connectivity index (χ3v) is 6.07. The zero-order chi connectivity index (χ0) is 15.0. The van der Waals surface area contributed by atoms with Gasteiger partial charge in [-0.05, 0) is 61.3 Å². The van der Waals surface area contributed by atoms with Crippen LogP contribution >= 0.6 is 11.8 Å². The number of aryl methyl sites for hydroxylation is 1. The van der Waals surface area contributed by atoms with Gasteiger partial charge in [0, 0.05) is 18.5 Å². The highest BCUT2D eigenvalue weighted by molar-refractivity contribution is 8.13. The Morgan fingerprint density at radius 2 is 2.24 bits per heavy atom. The maximum atomic E-state index is 6.12. The first-order valence-electron chi connectivity index (χ1n) is 7.82. The molecular formula is C17H25N3S. The molecule has 1 heterocycles. The van der Waals surface area contributed by atoms with Gasteiger partial charge in [-0.1, -0.05) is 24.8 Å². The number of hydrogen-bond donors (Lipinski definition) is 2. The van der Waals surface area contributed by atoms with Crippen molar-refractivity contribution in [3.05, 3.63) is 29.3 Å². The maximum Gasteiger partial charge on any atom is 0.154 e. The molecule has 0 bridgehead atoms. The van der Waals surface area contributed by atoms with Crippen molar-refractivity contribution in [2.75, 3.05) is 18.1 Å². The number of amidine groups is 1. The molecule has 4 heteroatoms. The Labute approximate surface area is 131 Å². The number of benzene rings is 1. The Morgan fingerprint density at radius 1 is 1.43 bits per heavy atom. The van der Waals surface area contributed by atoms with E-state index in [1.165, 1.54) is 24.0 Å². The number of nitrogens with one attached hydrogen (secondary N) is 1. The van der Waals surface area contributed by atoms with Crippen LogP contribution < -0.4 is 11.1 Å². The molecule has 0 aromatic heterocycles. The molecule has 3 N–H and O–H groups in total. The standard InChI is InChI=1S/C17H25N3S/c1-11-6-7-17(13(8-11)10-21-16(18)20-17)15-9-14(19-3)5-4-12(15)2/h4-5,9,11,13,19H,6-8,10H2,1-3H3,(H2,18,20). The highest BCUT2D eigenvalue weighted by Crippen LogP contribution is 2.51. The molecule has 1 fully saturated rings. The quantitative estimate of drug-likeness (QED) is 0.875. The minimum atomic E-state index is -0.0984. The van der Waals surface area contributed by atoms with E-state index < -0.39 is 0 Å². The molecular weight excluding hydrogens is 278 g/mol. The average molecular weight is 303 g/mol. The highest BCUT2D eigenvalue weighted by atomic mass is 32.2. The number of nitrogens with zero attached hydrogens (tertiary/aromatic N) is 1. The third kappa shape index (κ3) is 2.54. The fraction of sp³-hybridized carbons (Fsp3) is 0.588. The number of anilines is 1. The van der Waals surface area contributed by atoms with Gasteiger partial charge in [0.05, 0.1) is 5.54 Å². The molecule has 2 aliphatic rings. The molecule has 0 radical (unpaired) electrons. The van der Waals surface area contributed by atoms with Crippen LogP contribution in [-0.4, -0.2) is 18.0 Å². The molecule has 1 aromatic carbocycles. The molecule has 114 valence electrons. The van der Waals surface area contributed by atoms with Crippen molar-refractivity contribution in [1.82, 2.24) is 0 Å². The third-order valence-electron chi connectivity index (χ3n) is 5.12. The number of thioether (sulfide) groups is 1. The summed E-state index contributed by atoms with van der Waals surface area (Å²) in [7, 11) is 1.97. The zero-order valence-corrected chi connectivity index (χ0v) is 14.0. The number of rotatable bonds is 2. The van der Waals surface area contributed by atoms with Crippen molar-refractivity contribution >= 4 is 22.6 Å². The zero-order valence-electron chi connectivity index (χ0n) is 13.1. The predicted molar refractivity (Wildman–Crippen MR) is 93.0 cm³/mol. The van der Waals surface area contributed by atoms with Crippen LogP contribution in [0.2, 0.25) is 0 Å². The molecule has 3 rings (SSSR count). The van der Waals surface area contributed by atoms with Crippen LogP contribution in [0.15, 0.2) is 23.2 Å². The van der Waals surface area contributed by atoms with Gasteiger partial charge in [-0.25, -0.2) is 0 Å². The van der Waals surface area contributed by atoms with Crippen LogP contribution in [0.1, 0.15) is 37.3 Å². The summed E-state index contributed by atoms with van der Waals surface area (Å²) in [6.07, 6.45) is 3.61. The summed E-state index contributed by atoms with van der Waals surface area (Å²) >= 11 is 1.73. The van der Waals surface area contributed by atoms with E-state index in [1.807, 2.05) is 7.05 Å². The van der Waals surface area contributed by atoms with Crippen LogP contribution in [0.4, 0.5) is 5.69 Å². The lowest BCUT2D eigenvalue weighted by atomic mass is 9.66. The molecule has 1 saturated carbocycles. The summed E-state index contributed by atoms with van der Waals surface area (Å²) in [6.45, 7) is 4.57. The van der Waals surface area contributed by atoms with E-state index in [2.05, 4.69) is 37.4 Å². The smallest absolute Gasteiger partial charge is 0.154 e. The van der Waals surface area contributed by atoms with E-state index in [9.17, 15) is 0 Å². The summed E-state index contributed by atoms with van der Waals surface area (Å²) in [5.41, 5.74) is 9.88. The van der Waals surface area contributed by atoms with Crippen molar-refractivity contribution in [3.8, 4) is 0 Å². The first-order chi connectivity index (χ1) is 10.0. The number of nitrogens with two attached hydrogens (primary N) is 1. The van der Waals surface area contributed by atoms with Crippen LogP contribution in [0.5, 0.6) is 0 Å². The van der Waals surface area contributed by atoms with Gasteiger partial charge in [-0.15, -0.1) is 0 Å². The summed E-state index contributed by atoms with van der Waals surface area (Å²) in [5, 5.41) is 4.02. The predicted octanol–water partition coefficient (Wildman–Crippen LogP) is 3.73. The summed E-state index contributed by atoms with van der Waals surface area (Å²) in [6, 6.07) is 6.63. The van der Waals surface area contributed by atoms with E-state index in [1.54, 1.807) is 11.8 Å². The van der Waals surface area contributed by atoms with Gasteiger partial charge in [0.25, 0.3) is 0 Å². The molecule has 3 atom stereocenters. The summed E-state index contributed by atoms with van der Waals surface area (Å²) < 4.78 is 0. The molecule has 0 amide bonds. The van der Waals surface area contributed by atoms with Gasteiger partial charge in [-0.3, -0.25) is 4.99 Å². The Bertz CT molecular complexity index is 569. The lowest BCUT2D eigenvalue weighted by Crippen LogP contribution is -2.44. The molecule has 3 nitrogen and oxygen atoms in total. The first kappa shape index (κ1) is 14.8. The van der Waals surface area contributed by atoms with Gasteiger partial charge in [0.2, 0.25) is 0 Å². The van der Waals surface area contributed by atoms with Crippen LogP contribution in [0.3, 0.4) is 0 Å². The summed E-state index contributed by atoms with van der Waals surface area (Å²) in [5.74, 6) is 2.50. The van der Waals surface area contributed by atoms with E-state index in [-0.39, 0.29) is 5.54 Å². The van der Waals surface area contributed by atoms with Crippen LogP contribution in [-0.2, 0) is 5.54 Å². The van der Waals surface area contributed by atoms with Crippen LogP contribution in [0.25, 0.3) is 0 Å². The lowest BCUT2D eigenvalue weighted by Gasteiger charge is -2.46. The second-order valence-corrected chi connectivity index (χ2v) is 7.58. The molecule has 1 aliphatic heterocycles. The topological polar surface area (TPSA) is 50.4 Å². The van der Waals surface area contributed by atoms with E-state index >= 15 is 0 Å². The molecule has 0 saturated heterocycles. The van der Waals surface area contributed by atoms with E-state index in [4.69, 9.17) is 10.7 Å². The minimum absolute atomic E-state index is 0.0984. The van der Waals surface area contributed by atoms with Gasteiger partial charge in [0.15, 0.2) is 5.17 Å². The molecule has 1 aromatic rings. The fourth-order valence-electron chi connectivity index (χ4n) is 3.90. The second-order valence-electron chi connectivity index (χ2n) is 6.54. The monoisotopic (exact) mass is 303 g/mol. The average Bonchev–Trinajstić information content (AvgIpc) is 2.48. The molecule has 0 spiro atoms. The number of fused-ring (bicyclic) bond motifs is 1. The van der Waals surface area contributed by atoms with Crippen LogP contribution in [0, 0.1) is 18.8 Å². The summed E-state index contributed by atoms with van der Waals surface area (Å²) in [4.78, 5) is 5.01. The van der Waals surface area contributed by atoms with E-state index in [0.29, 0.717) is 5.92 Å². The van der Waals surface area contributed by atoms with Crippen molar-refractivity contribution in [2.24, 2.45) is 22.6 Å². The molecule has 3 unspecified atom stereocenters. The van der Waals surface area contributed by atoms with Crippen molar-refractivity contribution in [3.63, 3.8) is 0 Å². The number of aliphatic imine (C=N–C) groups is 1. The van der Waals surface area contributed by atoms with Gasteiger partial charge in [-0.2, -0.15) is 0 Å². The Morgan fingerprint density at radius 3 is 3.00 bits per heavy atom. The molecule has 1 aliphatic carbocycles. The second kappa shape index (κ2) is 5.56. The highest BCUT2D eigenvalue weighted by Gasteiger charge is 2.46. The maximum absolute atomic E-state index is 6.12. The largest absolute Gasteiger partial charge is 0.388 e. The Kier molecular flexibility index (Phi) is 3.91. The van der Waals surface area contributed by atoms with Gasteiger partial charge in [0.1, 0.15) is 0 Å². The Balaban J connectivity index is 2.13. The molecule has 21 heavy (non-hydrogen) atoms. The van der Waals surface area contributed by atoms with Crippen molar-refractivity contribution < 1.29 is 0 Å². The van der Waals surface area contributed by atoms with Gasteiger partial charge < -0.3 is 11.1 Å². The van der Waals surface area contributed by atoms with E-state index in [0.717, 1.165) is 28.9 Å². The SMILES string of the molecule is CNc1ccc(C)c(C23CCC(C)CC2CSC(N)=N3)c1. The first-order valence-corrected chi connectivity index (χ1v) is 8.80. The fourth-order valence-corrected chi connectivity index (χ4v) is 4.91. The minimum Gasteiger partial charge on any atom is -0.388 e.